The molecule has 2 aliphatic rings. The fraction of sp³-hybridized carbons (Fsp3) is 0.600. The Morgan fingerprint density at radius 3 is 2.67 bits per heavy atom. The highest BCUT2D eigenvalue weighted by atomic mass is 32.2. The lowest BCUT2D eigenvalue weighted by molar-refractivity contribution is 0.246. The maximum atomic E-state index is 12.9. The Kier molecular flexibility index (Phi) is 4.05. The summed E-state index contributed by atoms with van der Waals surface area (Å²) in [4.78, 5) is 2.57. The number of hydrogen-bond acceptors (Lipinski definition) is 4. The highest BCUT2D eigenvalue weighted by Gasteiger charge is 2.39. The van der Waals surface area contributed by atoms with Crippen molar-refractivity contribution in [3.8, 4) is 0 Å². The Bertz CT molecular complexity index is 617. The van der Waals surface area contributed by atoms with E-state index in [-0.39, 0.29) is 11.5 Å². The van der Waals surface area contributed by atoms with Gasteiger partial charge in [-0.25, -0.2) is 8.42 Å². The molecule has 1 N–H and O–H groups in total. The first-order chi connectivity index (χ1) is 10.0. The first-order valence-electron chi connectivity index (χ1n) is 7.45. The highest BCUT2D eigenvalue weighted by molar-refractivity contribution is 7.89. The van der Waals surface area contributed by atoms with E-state index in [1.54, 1.807) is 28.6 Å². The summed E-state index contributed by atoms with van der Waals surface area (Å²) < 4.78 is 27.4. The van der Waals surface area contributed by atoms with E-state index in [1.165, 1.54) is 6.42 Å². The van der Waals surface area contributed by atoms with E-state index in [1.807, 2.05) is 0 Å². The van der Waals surface area contributed by atoms with E-state index in [9.17, 15) is 13.5 Å². The van der Waals surface area contributed by atoms with Crippen LogP contribution in [0.25, 0.3) is 0 Å². The highest BCUT2D eigenvalue weighted by Crippen LogP contribution is 2.31. The normalized spacial score (nSPS) is 27.7. The van der Waals surface area contributed by atoms with Crippen molar-refractivity contribution in [2.75, 3.05) is 20.1 Å². The number of aliphatic hydroxyl groups excluding tert-OH is 1. The third-order valence-electron chi connectivity index (χ3n) is 4.87. The molecule has 2 saturated heterocycles. The van der Waals surface area contributed by atoms with Gasteiger partial charge in [0.1, 0.15) is 0 Å². The Hall–Kier alpha value is -0.950. The summed E-state index contributed by atoms with van der Waals surface area (Å²) in [5.74, 6) is 0. The van der Waals surface area contributed by atoms with Gasteiger partial charge in [-0.1, -0.05) is 18.2 Å². The SMILES string of the molecule is CN1C2CCC1CN(S(=O)(=O)c1ccccc1CO)CC2. The van der Waals surface area contributed by atoms with Crippen LogP contribution in [0, 0.1) is 0 Å². The summed E-state index contributed by atoms with van der Waals surface area (Å²) in [6.45, 7) is 0.859. The molecular formula is C15H22N2O3S. The molecule has 2 aliphatic heterocycles. The van der Waals surface area contributed by atoms with Crippen LogP contribution < -0.4 is 0 Å². The van der Waals surface area contributed by atoms with E-state index < -0.39 is 10.0 Å². The van der Waals surface area contributed by atoms with Gasteiger partial charge in [0.15, 0.2) is 0 Å². The molecule has 116 valence electrons. The molecule has 0 amide bonds. The van der Waals surface area contributed by atoms with Gasteiger partial charge in [0.25, 0.3) is 0 Å². The van der Waals surface area contributed by atoms with Gasteiger partial charge >= 0.3 is 0 Å². The average Bonchev–Trinajstić information content (AvgIpc) is 2.71. The Labute approximate surface area is 126 Å². The molecule has 21 heavy (non-hydrogen) atoms. The fourth-order valence-corrected chi connectivity index (χ4v) is 5.23. The molecule has 2 heterocycles. The van der Waals surface area contributed by atoms with Crippen LogP contribution in [0.3, 0.4) is 0 Å². The number of rotatable bonds is 3. The molecule has 6 heteroatoms. The molecule has 3 rings (SSSR count). The van der Waals surface area contributed by atoms with Gasteiger partial charge in [-0.15, -0.1) is 0 Å². The van der Waals surface area contributed by atoms with Gasteiger partial charge in [-0.05, 0) is 37.9 Å². The second kappa shape index (κ2) is 5.68. The Morgan fingerprint density at radius 1 is 1.19 bits per heavy atom. The first-order valence-corrected chi connectivity index (χ1v) is 8.89. The van der Waals surface area contributed by atoms with Crippen molar-refractivity contribution in [1.82, 2.24) is 9.21 Å². The lowest BCUT2D eigenvalue weighted by atomic mass is 10.1. The van der Waals surface area contributed by atoms with Crippen LogP contribution in [-0.2, 0) is 16.6 Å². The molecule has 1 aromatic rings. The lowest BCUT2D eigenvalue weighted by Crippen LogP contribution is -2.39. The second-order valence-electron chi connectivity index (χ2n) is 5.97. The Morgan fingerprint density at radius 2 is 1.90 bits per heavy atom. The van der Waals surface area contributed by atoms with Gasteiger partial charge in [-0.3, -0.25) is 4.90 Å². The van der Waals surface area contributed by atoms with Crippen molar-refractivity contribution < 1.29 is 13.5 Å². The molecule has 1 aromatic carbocycles. The van der Waals surface area contributed by atoms with Crippen LogP contribution in [0.5, 0.6) is 0 Å². The summed E-state index contributed by atoms with van der Waals surface area (Å²) in [7, 11) is -1.43. The predicted octanol–water partition coefficient (Wildman–Crippen LogP) is 1.04. The van der Waals surface area contributed by atoms with Crippen molar-refractivity contribution >= 4 is 10.0 Å². The molecule has 2 bridgehead atoms. The average molecular weight is 310 g/mol. The standard InChI is InChI=1S/C15H22N2O3S/c1-16-13-6-7-14(16)10-17(9-8-13)21(19,20)15-5-3-2-4-12(15)11-18/h2-5,13-14,18H,6-11H2,1H3. The van der Waals surface area contributed by atoms with E-state index >= 15 is 0 Å². The number of sulfonamides is 1. The molecule has 5 nitrogen and oxygen atoms in total. The molecule has 2 unspecified atom stereocenters. The van der Waals surface area contributed by atoms with Gasteiger partial charge in [0, 0.05) is 25.2 Å². The van der Waals surface area contributed by atoms with E-state index in [0.29, 0.717) is 30.7 Å². The van der Waals surface area contributed by atoms with Crippen LogP contribution in [0.2, 0.25) is 0 Å². The quantitative estimate of drug-likeness (QED) is 0.906. The molecule has 0 radical (unpaired) electrons. The number of likely N-dealkylation sites (N-methyl/N-ethyl adjacent to an activating group) is 1. The lowest BCUT2D eigenvalue weighted by Gasteiger charge is -2.26. The largest absolute Gasteiger partial charge is 0.392 e. The summed E-state index contributed by atoms with van der Waals surface area (Å²) in [5.41, 5.74) is 0.472. The van der Waals surface area contributed by atoms with Gasteiger partial charge in [0.2, 0.25) is 10.0 Å². The van der Waals surface area contributed by atoms with Crippen LogP contribution >= 0.6 is 0 Å². The van der Waals surface area contributed by atoms with Crippen LogP contribution in [0.1, 0.15) is 24.8 Å². The zero-order valence-electron chi connectivity index (χ0n) is 12.3. The van der Waals surface area contributed by atoms with Gasteiger partial charge in [-0.2, -0.15) is 4.31 Å². The predicted molar refractivity (Wildman–Crippen MR) is 80.3 cm³/mol. The maximum absolute atomic E-state index is 12.9. The van der Waals surface area contributed by atoms with Crippen LogP contribution in [-0.4, -0.2) is 55.0 Å². The van der Waals surface area contributed by atoms with Crippen LogP contribution in [0.4, 0.5) is 0 Å². The first kappa shape index (κ1) is 15.0. The number of hydrogen-bond donors (Lipinski definition) is 1. The summed E-state index contributed by atoms with van der Waals surface area (Å²) >= 11 is 0. The monoisotopic (exact) mass is 310 g/mol. The molecule has 0 spiro atoms. The van der Waals surface area contributed by atoms with Crippen LogP contribution in [0.15, 0.2) is 29.2 Å². The molecule has 2 fully saturated rings. The van der Waals surface area contributed by atoms with Crippen molar-refractivity contribution in [2.45, 2.75) is 42.8 Å². The minimum atomic E-state index is -3.53. The zero-order chi connectivity index (χ0) is 15.0. The molecule has 0 saturated carbocycles. The van der Waals surface area contributed by atoms with E-state index in [2.05, 4.69) is 11.9 Å². The third-order valence-corrected chi connectivity index (χ3v) is 6.84. The fourth-order valence-electron chi connectivity index (χ4n) is 3.52. The smallest absolute Gasteiger partial charge is 0.243 e. The molecular weight excluding hydrogens is 288 g/mol. The van der Waals surface area contributed by atoms with Crippen molar-refractivity contribution in [3.63, 3.8) is 0 Å². The Balaban J connectivity index is 1.92. The second-order valence-corrected chi connectivity index (χ2v) is 7.87. The zero-order valence-corrected chi connectivity index (χ0v) is 13.1. The third kappa shape index (κ3) is 2.61. The molecule has 0 aromatic heterocycles. The molecule has 2 atom stereocenters. The number of benzene rings is 1. The summed E-state index contributed by atoms with van der Waals surface area (Å²) in [6, 6.07) is 7.54. The maximum Gasteiger partial charge on any atom is 0.243 e. The van der Waals surface area contributed by atoms with Gasteiger partial charge < -0.3 is 5.11 Å². The van der Waals surface area contributed by atoms with Crippen molar-refractivity contribution in [1.29, 1.82) is 0 Å². The summed E-state index contributed by atoms with van der Waals surface area (Å²) in [5, 5.41) is 9.39. The van der Waals surface area contributed by atoms with E-state index in [4.69, 9.17) is 0 Å². The molecule has 0 aliphatic carbocycles. The van der Waals surface area contributed by atoms with Crippen molar-refractivity contribution in [3.05, 3.63) is 29.8 Å². The van der Waals surface area contributed by atoms with E-state index in [0.717, 1.165) is 12.8 Å². The summed E-state index contributed by atoms with van der Waals surface area (Å²) in [6.07, 6.45) is 3.12. The number of fused-ring (bicyclic) bond motifs is 2. The van der Waals surface area contributed by atoms with Gasteiger partial charge in [0.05, 0.1) is 11.5 Å². The topological polar surface area (TPSA) is 60.9 Å². The van der Waals surface area contributed by atoms with Crippen molar-refractivity contribution in [2.24, 2.45) is 0 Å². The minimum Gasteiger partial charge on any atom is -0.392 e. The number of aliphatic hydroxyl groups is 1. The number of nitrogens with zero attached hydrogens (tertiary/aromatic N) is 2. The minimum absolute atomic E-state index is 0.243.